The van der Waals surface area contributed by atoms with Crippen LogP contribution in [0, 0.1) is 6.92 Å². The van der Waals surface area contributed by atoms with Crippen LogP contribution in [0.1, 0.15) is 16.7 Å². The third kappa shape index (κ3) is 4.99. The molecule has 0 fully saturated rings. The van der Waals surface area contributed by atoms with Crippen molar-refractivity contribution >= 4 is 17.7 Å². The van der Waals surface area contributed by atoms with Gasteiger partial charge in [-0.15, -0.1) is 0 Å². The second-order valence-electron chi connectivity index (χ2n) is 6.00. The van der Waals surface area contributed by atoms with E-state index in [-0.39, 0.29) is 5.91 Å². The lowest BCUT2D eigenvalue weighted by Crippen LogP contribution is -2.24. The van der Waals surface area contributed by atoms with Crippen LogP contribution >= 0.6 is 0 Å². The fourth-order valence-electron chi connectivity index (χ4n) is 2.32. The standard InChI is InChI=1S/C20H24N2O/c1-16-6-5-7-17(14-16)10-13-20(23)22(4)15-18-8-11-19(12-9-18)21(2)3/h5-14H,15H2,1-4H3/b13-10+. The SMILES string of the molecule is Cc1cccc(/C=C/C(=O)N(C)Cc2ccc(N(C)C)cc2)c1. The first kappa shape index (κ1) is 16.8. The first-order valence-corrected chi connectivity index (χ1v) is 7.72. The molecule has 0 aliphatic rings. The third-order valence-electron chi connectivity index (χ3n) is 3.71. The van der Waals surface area contributed by atoms with Crippen LogP contribution in [0.3, 0.4) is 0 Å². The van der Waals surface area contributed by atoms with Gasteiger partial charge in [-0.1, -0.05) is 42.0 Å². The molecule has 2 rings (SSSR count). The summed E-state index contributed by atoms with van der Waals surface area (Å²) in [6.07, 6.45) is 3.49. The minimum atomic E-state index is 0.00296. The van der Waals surface area contributed by atoms with Gasteiger partial charge < -0.3 is 9.80 Å². The van der Waals surface area contributed by atoms with Gasteiger partial charge in [0.05, 0.1) is 0 Å². The Kier molecular flexibility index (Phi) is 5.58. The van der Waals surface area contributed by atoms with Crippen molar-refractivity contribution in [3.63, 3.8) is 0 Å². The summed E-state index contributed by atoms with van der Waals surface area (Å²) in [7, 11) is 5.85. The molecular weight excluding hydrogens is 284 g/mol. The van der Waals surface area contributed by atoms with E-state index in [9.17, 15) is 4.79 Å². The van der Waals surface area contributed by atoms with Gasteiger partial charge in [0.15, 0.2) is 0 Å². The van der Waals surface area contributed by atoms with Crippen molar-refractivity contribution in [1.82, 2.24) is 4.90 Å². The minimum Gasteiger partial charge on any atom is -0.378 e. The van der Waals surface area contributed by atoms with Gasteiger partial charge in [0.25, 0.3) is 0 Å². The fraction of sp³-hybridized carbons (Fsp3) is 0.250. The summed E-state index contributed by atoms with van der Waals surface area (Å²) in [5.74, 6) is 0.00296. The van der Waals surface area contributed by atoms with Crippen molar-refractivity contribution in [1.29, 1.82) is 0 Å². The van der Waals surface area contributed by atoms with E-state index in [1.165, 1.54) is 5.56 Å². The van der Waals surface area contributed by atoms with E-state index in [0.29, 0.717) is 6.54 Å². The highest BCUT2D eigenvalue weighted by atomic mass is 16.2. The summed E-state index contributed by atoms with van der Waals surface area (Å²) in [5, 5.41) is 0. The van der Waals surface area contributed by atoms with Crippen LogP contribution in [-0.2, 0) is 11.3 Å². The lowest BCUT2D eigenvalue weighted by molar-refractivity contribution is -0.125. The molecule has 0 aliphatic heterocycles. The zero-order chi connectivity index (χ0) is 16.8. The maximum absolute atomic E-state index is 12.2. The number of aryl methyl sites for hydroxylation is 1. The number of carbonyl (C=O) groups excluding carboxylic acids is 1. The summed E-state index contributed by atoms with van der Waals surface area (Å²) in [5.41, 5.74) is 4.51. The lowest BCUT2D eigenvalue weighted by atomic mass is 10.1. The van der Waals surface area contributed by atoms with E-state index in [0.717, 1.165) is 16.8 Å². The zero-order valence-electron chi connectivity index (χ0n) is 14.3. The van der Waals surface area contributed by atoms with Crippen LogP contribution in [0.5, 0.6) is 0 Å². The molecule has 2 aromatic carbocycles. The van der Waals surface area contributed by atoms with Crippen LogP contribution in [0.15, 0.2) is 54.6 Å². The fourth-order valence-corrected chi connectivity index (χ4v) is 2.32. The smallest absolute Gasteiger partial charge is 0.246 e. The summed E-state index contributed by atoms with van der Waals surface area (Å²) >= 11 is 0. The molecule has 120 valence electrons. The molecule has 0 radical (unpaired) electrons. The average molecular weight is 308 g/mol. The topological polar surface area (TPSA) is 23.6 Å². The molecule has 0 N–H and O–H groups in total. The van der Waals surface area contributed by atoms with E-state index in [1.54, 1.807) is 11.0 Å². The van der Waals surface area contributed by atoms with Gasteiger partial charge in [-0.3, -0.25) is 4.79 Å². The molecule has 0 heterocycles. The van der Waals surface area contributed by atoms with Crippen LogP contribution in [0.2, 0.25) is 0 Å². The molecule has 23 heavy (non-hydrogen) atoms. The quantitative estimate of drug-likeness (QED) is 0.786. The monoisotopic (exact) mass is 308 g/mol. The van der Waals surface area contributed by atoms with Gasteiger partial charge in [0.1, 0.15) is 0 Å². The number of amides is 1. The van der Waals surface area contributed by atoms with Crippen LogP contribution in [0.4, 0.5) is 5.69 Å². The molecule has 0 saturated heterocycles. The summed E-state index contributed by atoms with van der Waals surface area (Å²) in [6.45, 7) is 2.65. The summed E-state index contributed by atoms with van der Waals surface area (Å²) in [4.78, 5) is 16.0. The largest absolute Gasteiger partial charge is 0.378 e. The second kappa shape index (κ2) is 7.63. The zero-order valence-corrected chi connectivity index (χ0v) is 14.3. The van der Waals surface area contributed by atoms with Crippen LogP contribution in [0.25, 0.3) is 6.08 Å². The predicted molar refractivity (Wildman–Crippen MR) is 97.5 cm³/mol. The molecule has 3 nitrogen and oxygen atoms in total. The molecule has 2 aromatic rings. The first-order valence-electron chi connectivity index (χ1n) is 7.72. The van der Waals surface area contributed by atoms with Gasteiger partial charge in [-0.2, -0.15) is 0 Å². The molecule has 0 saturated carbocycles. The molecule has 0 bridgehead atoms. The second-order valence-corrected chi connectivity index (χ2v) is 6.00. The highest BCUT2D eigenvalue weighted by molar-refractivity contribution is 5.91. The van der Waals surface area contributed by atoms with Gasteiger partial charge in [0.2, 0.25) is 5.91 Å². The Bertz CT molecular complexity index is 687. The summed E-state index contributed by atoms with van der Waals surface area (Å²) < 4.78 is 0. The molecule has 0 atom stereocenters. The Balaban J connectivity index is 1.97. The third-order valence-corrected chi connectivity index (χ3v) is 3.71. The highest BCUT2D eigenvalue weighted by Crippen LogP contribution is 2.13. The van der Waals surface area contributed by atoms with Crippen molar-refractivity contribution in [2.24, 2.45) is 0 Å². The Labute approximate surface area is 138 Å². The van der Waals surface area contributed by atoms with Crippen LogP contribution in [-0.4, -0.2) is 32.0 Å². The molecule has 1 amide bonds. The maximum atomic E-state index is 12.2. The van der Waals surface area contributed by atoms with E-state index < -0.39 is 0 Å². The van der Waals surface area contributed by atoms with Gasteiger partial charge in [-0.25, -0.2) is 0 Å². The first-order chi connectivity index (χ1) is 11.0. The molecule has 0 unspecified atom stereocenters. The molecule has 0 spiro atoms. The molecule has 3 heteroatoms. The number of hydrogen-bond acceptors (Lipinski definition) is 2. The number of hydrogen-bond donors (Lipinski definition) is 0. The van der Waals surface area contributed by atoms with Crippen molar-refractivity contribution < 1.29 is 4.79 Å². The number of benzene rings is 2. The van der Waals surface area contributed by atoms with Crippen molar-refractivity contribution in [2.45, 2.75) is 13.5 Å². The lowest BCUT2D eigenvalue weighted by Gasteiger charge is -2.17. The van der Waals surface area contributed by atoms with Crippen molar-refractivity contribution in [3.05, 3.63) is 71.3 Å². The van der Waals surface area contributed by atoms with Crippen molar-refractivity contribution in [2.75, 3.05) is 26.0 Å². The number of anilines is 1. The Morgan fingerprint density at radius 1 is 1.04 bits per heavy atom. The van der Waals surface area contributed by atoms with E-state index >= 15 is 0 Å². The molecule has 0 aromatic heterocycles. The summed E-state index contributed by atoms with van der Waals surface area (Å²) in [6, 6.07) is 16.3. The number of nitrogens with zero attached hydrogens (tertiary/aromatic N) is 2. The van der Waals surface area contributed by atoms with E-state index in [2.05, 4.69) is 35.2 Å². The Morgan fingerprint density at radius 2 is 1.74 bits per heavy atom. The van der Waals surface area contributed by atoms with Crippen LogP contribution < -0.4 is 4.90 Å². The van der Waals surface area contributed by atoms with E-state index in [4.69, 9.17) is 0 Å². The number of likely N-dealkylation sites (N-methyl/N-ethyl adjacent to an activating group) is 1. The minimum absolute atomic E-state index is 0.00296. The van der Waals surface area contributed by atoms with Gasteiger partial charge in [0, 0.05) is 39.5 Å². The average Bonchev–Trinajstić information content (AvgIpc) is 2.53. The maximum Gasteiger partial charge on any atom is 0.246 e. The highest BCUT2D eigenvalue weighted by Gasteiger charge is 2.06. The van der Waals surface area contributed by atoms with Gasteiger partial charge >= 0.3 is 0 Å². The Morgan fingerprint density at radius 3 is 2.35 bits per heavy atom. The van der Waals surface area contributed by atoms with E-state index in [1.807, 2.05) is 52.3 Å². The Hall–Kier alpha value is -2.55. The number of carbonyl (C=O) groups is 1. The number of rotatable bonds is 5. The molecule has 0 aliphatic carbocycles. The predicted octanol–water partition coefficient (Wildman–Crippen LogP) is 3.73. The normalized spacial score (nSPS) is 10.8. The van der Waals surface area contributed by atoms with Crippen molar-refractivity contribution in [3.8, 4) is 0 Å². The molecular formula is C20H24N2O. The van der Waals surface area contributed by atoms with Gasteiger partial charge in [-0.05, 0) is 36.3 Å².